The summed E-state index contributed by atoms with van der Waals surface area (Å²) >= 11 is 3.24. The summed E-state index contributed by atoms with van der Waals surface area (Å²) in [6.45, 7) is 1.17. The molecule has 1 aromatic carbocycles. The first-order valence-electron chi connectivity index (χ1n) is 8.99. The highest BCUT2D eigenvalue weighted by molar-refractivity contribution is 7.18. The van der Waals surface area contributed by atoms with Crippen molar-refractivity contribution in [2.75, 3.05) is 19.7 Å². The van der Waals surface area contributed by atoms with Crippen molar-refractivity contribution in [1.29, 1.82) is 0 Å². The molecular formula is C20H20N2O3S2. The van der Waals surface area contributed by atoms with E-state index in [1.807, 2.05) is 35.0 Å². The summed E-state index contributed by atoms with van der Waals surface area (Å²) in [4.78, 5) is 30.9. The van der Waals surface area contributed by atoms with Crippen molar-refractivity contribution in [2.24, 2.45) is 0 Å². The maximum Gasteiger partial charge on any atom is 0.310 e. The minimum atomic E-state index is -0.360. The lowest BCUT2D eigenvalue weighted by Gasteiger charge is -2.31. The number of nitrogens with zero attached hydrogens (tertiary/aromatic N) is 2. The minimum Gasteiger partial charge on any atom is -0.455 e. The Balaban J connectivity index is 1.33. The molecular weight excluding hydrogens is 380 g/mol. The zero-order chi connectivity index (χ0) is 18.6. The molecule has 1 saturated heterocycles. The van der Waals surface area contributed by atoms with Crippen molar-refractivity contribution < 1.29 is 14.3 Å². The number of hydrogen-bond acceptors (Lipinski definition) is 6. The number of hydrogen-bond donors (Lipinski definition) is 0. The molecule has 0 N–H and O–H groups in total. The van der Waals surface area contributed by atoms with E-state index < -0.39 is 0 Å². The number of aromatic nitrogens is 1. The van der Waals surface area contributed by atoms with Crippen molar-refractivity contribution in [3.05, 3.63) is 51.7 Å². The SMILES string of the molecule is O=C(Cc1ccsc1)OCC(=O)N1CCC[C@H](c2nc3ccccc3s2)C1. The predicted molar refractivity (Wildman–Crippen MR) is 107 cm³/mol. The second kappa shape index (κ2) is 8.19. The lowest BCUT2D eigenvalue weighted by Crippen LogP contribution is -2.41. The van der Waals surface area contributed by atoms with Gasteiger partial charge >= 0.3 is 5.97 Å². The normalized spacial score (nSPS) is 17.2. The van der Waals surface area contributed by atoms with Gasteiger partial charge in [-0.1, -0.05) is 12.1 Å². The van der Waals surface area contributed by atoms with Crippen molar-refractivity contribution in [2.45, 2.75) is 25.2 Å². The summed E-state index contributed by atoms with van der Waals surface area (Å²) in [5.41, 5.74) is 1.94. The molecule has 1 atom stereocenters. The van der Waals surface area contributed by atoms with Gasteiger partial charge in [0.25, 0.3) is 5.91 Å². The molecule has 0 bridgehead atoms. The summed E-state index contributed by atoms with van der Waals surface area (Å²) in [6, 6.07) is 10.0. The Morgan fingerprint density at radius 2 is 2.15 bits per heavy atom. The summed E-state index contributed by atoms with van der Waals surface area (Å²) in [5.74, 6) is -0.234. The molecule has 0 aliphatic carbocycles. The third-order valence-corrected chi connectivity index (χ3v) is 6.65. The first kappa shape index (κ1) is 18.1. The van der Waals surface area contributed by atoms with E-state index in [9.17, 15) is 9.59 Å². The number of carbonyl (C=O) groups is 2. The van der Waals surface area contributed by atoms with Crippen molar-refractivity contribution in [3.63, 3.8) is 0 Å². The number of thiophene rings is 1. The number of amides is 1. The quantitative estimate of drug-likeness (QED) is 0.611. The first-order valence-corrected chi connectivity index (χ1v) is 10.7. The molecule has 0 radical (unpaired) electrons. The van der Waals surface area contributed by atoms with Crippen LogP contribution in [0.2, 0.25) is 0 Å². The van der Waals surface area contributed by atoms with Gasteiger partial charge in [-0.05, 0) is 47.4 Å². The highest BCUT2D eigenvalue weighted by Crippen LogP contribution is 2.32. The lowest BCUT2D eigenvalue weighted by molar-refractivity contribution is -0.152. The van der Waals surface area contributed by atoms with Gasteiger partial charge < -0.3 is 9.64 Å². The Kier molecular flexibility index (Phi) is 5.50. The monoisotopic (exact) mass is 400 g/mol. The number of benzene rings is 1. The number of ether oxygens (including phenoxy) is 1. The van der Waals surface area contributed by atoms with E-state index in [4.69, 9.17) is 9.72 Å². The molecule has 140 valence electrons. The summed E-state index contributed by atoms with van der Waals surface area (Å²) < 4.78 is 6.36. The topological polar surface area (TPSA) is 59.5 Å². The van der Waals surface area contributed by atoms with Gasteiger partial charge in [-0.2, -0.15) is 11.3 Å². The highest BCUT2D eigenvalue weighted by Gasteiger charge is 2.27. The molecule has 1 aliphatic heterocycles. The number of thiazole rings is 1. The number of likely N-dealkylation sites (tertiary alicyclic amines) is 1. The molecule has 4 rings (SSSR count). The Morgan fingerprint density at radius 1 is 1.26 bits per heavy atom. The van der Waals surface area contributed by atoms with Crippen LogP contribution >= 0.6 is 22.7 Å². The summed E-state index contributed by atoms with van der Waals surface area (Å²) in [7, 11) is 0. The number of fused-ring (bicyclic) bond motifs is 1. The number of para-hydroxylation sites is 1. The second-order valence-corrected chi connectivity index (χ2v) is 8.51. The van der Waals surface area contributed by atoms with E-state index in [1.165, 1.54) is 4.70 Å². The molecule has 5 nitrogen and oxygen atoms in total. The van der Waals surface area contributed by atoms with Gasteiger partial charge in [0.05, 0.1) is 21.6 Å². The van der Waals surface area contributed by atoms with Crippen LogP contribution < -0.4 is 0 Å². The average molecular weight is 401 g/mol. The molecule has 3 aromatic rings. The van der Waals surface area contributed by atoms with E-state index in [0.717, 1.165) is 28.9 Å². The lowest BCUT2D eigenvalue weighted by atomic mass is 9.99. The van der Waals surface area contributed by atoms with Crippen molar-refractivity contribution in [1.82, 2.24) is 9.88 Å². The van der Waals surface area contributed by atoms with Gasteiger partial charge in [0, 0.05) is 19.0 Å². The van der Waals surface area contributed by atoms with Gasteiger partial charge in [-0.25, -0.2) is 4.98 Å². The van der Waals surface area contributed by atoms with Gasteiger partial charge in [0.2, 0.25) is 0 Å². The Labute approximate surface area is 165 Å². The van der Waals surface area contributed by atoms with E-state index in [-0.39, 0.29) is 30.8 Å². The van der Waals surface area contributed by atoms with E-state index in [2.05, 4.69) is 6.07 Å². The second-order valence-electron chi connectivity index (χ2n) is 6.67. The molecule has 1 amide bonds. The molecule has 3 heterocycles. The van der Waals surface area contributed by atoms with Crippen LogP contribution in [0.3, 0.4) is 0 Å². The van der Waals surface area contributed by atoms with Crippen molar-refractivity contribution >= 4 is 44.8 Å². The zero-order valence-electron chi connectivity index (χ0n) is 14.8. The first-order chi connectivity index (χ1) is 13.2. The Bertz CT molecular complexity index is 903. The van der Waals surface area contributed by atoms with E-state index >= 15 is 0 Å². The zero-order valence-corrected chi connectivity index (χ0v) is 16.4. The largest absolute Gasteiger partial charge is 0.455 e. The fourth-order valence-electron chi connectivity index (χ4n) is 3.31. The average Bonchev–Trinajstić information content (AvgIpc) is 3.35. The van der Waals surface area contributed by atoms with E-state index in [0.29, 0.717) is 13.1 Å². The fraction of sp³-hybridized carbons (Fsp3) is 0.350. The minimum absolute atomic E-state index is 0.125. The number of piperidine rings is 1. The molecule has 1 aliphatic rings. The van der Waals surface area contributed by atoms with Crippen LogP contribution in [0.5, 0.6) is 0 Å². The number of carbonyl (C=O) groups excluding carboxylic acids is 2. The molecule has 1 fully saturated rings. The molecule has 7 heteroatoms. The summed E-state index contributed by atoms with van der Waals surface area (Å²) in [5, 5.41) is 4.92. The third kappa shape index (κ3) is 4.36. The summed E-state index contributed by atoms with van der Waals surface area (Å²) in [6.07, 6.45) is 2.18. The third-order valence-electron chi connectivity index (χ3n) is 4.72. The van der Waals surface area contributed by atoms with E-state index in [1.54, 1.807) is 27.6 Å². The fourth-order valence-corrected chi connectivity index (χ4v) is 5.08. The smallest absolute Gasteiger partial charge is 0.310 e. The maximum atomic E-state index is 12.5. The van der Waals surface area contributed by atoms with Crippen LogP contribution in [0.1, 0.15) is 29.3 Å². The van der Waals surface area contributed by atoms with Gasteiger partial charge in [-0.3, -0.25) is 9.59 Å². The molecule has 27 heavy (non-hydrogen) atoms. The van der Waals surface area contributed by atoms with Crippen LogP contribution in [0.25, 0.3) is 10.2 Å². The number of rotatable bonds is 5. The Morgan fingerprint density at radius 3 is 2.96 bits per heavy atom. The van der Waals surface area contributed by atoms with Crippen LogP contribution in [-0.4, -0.2) is 41.5 Å². The predicted octanol–water partition coefficient (Wildman–Crippen LogP) is 3.85. The standard InChI is InChI=1S/C20H20N2O3S2/c23-18(12-25-19(24)10-14-7-9-26-13-14)22-8-3-4-15(11-22)20-21-16-5-1-2-6-17(16)27-20/h1-2,5-7,9,13,15H,3-4,8,10-12H2/t15-/m0/s1. The molecule has 0 spiro atoms. The van der Waals surface area contributed by atoms with Gasteiger partial charge in [0.15, 0.2) is 6.61 Å². The van der Waals surface area contributed by atoms with Crippen LogP contribution in [0.15, 0.2) is 41.1 Å². The number of esters is 1. The molecule has 0 saturated carbocycles. The van der Waals surface area contributed by atoms with Crippen LogP contribution in [0, 0.1) is 0 Å². The van der Waals surface area contributed by atoms with Crippen LogP contribution in [0.4, 0.5) is 0 Å². The van der Waals surface area contributed by atoms with Crippen molar-refractivity contribution in [3.8, 4) is 0 Å². The van der Waals surface area contributed by atoms with Crippen LogP contribution in [-0.2, 0) is 20.7 Å². The maximum absolute atomic E-state index is 12.5. The molecule has 2 aromatic heterocycles. The Hall–Kier alpha value is -2.25. The highest BCUT2D eigenvalue weighted by atomic mass is 32.1. The molecule has 0 unspecified atom stereocenters. The van der Waals surface area contributed by atoms with Gasteiger partial charge in [-0.15, -0.1) is 11.3 Å². The van der Waals surface area contributed by atoms with Gasteiger partial charge in [0.1, 0.15) is 0 Å².